The zero-order valence-electron chi connectivity index (χ0n) is 17.7. The van der Waals surface area contributed by atoms with Gasteiger partial charge in [0.05, 0.1) is 11.4 Å². The summed E-state index contributed by atoms with van der Waals surface area (Å²) >= 11 is 6.90. The molecule has 0 saturated carbocycles. The standard InChI is InChI=1S/C26H17N3O3S2/c30-22-14-8-7-11-18(22)15-20-23(31)28(19-12-5-2-6-13-19)26(33)29(24(20)32)25-27-21(16-34-25)17-9-3-1-4-10-17/h1-16,30H/b20-15-. The molecule has 34 heavy (non-hydrogen) atoms. The van der Waals surface area contributed by atoms with Crippen molar-refractivity contribution in [2.24, 2.45) is 0 Å². The van der Waals surface area contributed by atoms with Crippen LogP contribution in [0.2, 0.25) is 0 Å². The van der Waals surface area contributed by atoms with Gasteiger partial charge in [-0.25, -0.2) is 9.88 Å². The van der Waals surface area contributed by atoms with Crippen LogP contribution in [0.5, 0.6) is 5.75 Å². The lowest BCUT2D eigenvalue weighted by atomic mass is 10.1. The lowest BCUT2D eigenvalue weighted by molar-refractivity contribution is -0.120. The van der Waals surface area contributed by atoms with Gasteiger partial charge in [0.15, 0.2) is 10.2 Å². The molecular weight excluding hydrogens is 466 g/mol. The number of hydrogen-bond donors (Lipinski definition) is 1. The highest BCUT2D eigenvalue weighted by Crippen LogP contribution is 2.34. The number of benzene rings is 3. The van der Waals surface area contributed by atoms with E-state index in [2.05, 4.69) is 4.98 Å². The number of amides is 2. The van der Waals surface area contributed by atoms with Gasteiger partial charge in [-0.3, -0.25) is 14.5 Å². The highest BCUT2D eigenvalue weighted by Gasteiger charge is 2.42. The Morgan fingerprint density at radius 1 is 0.824 bits per heavy atom. The predicted molar refractivity (Wildman–Crippen MR) is 138 cm³/mol. The van der Waals surface area contributed by atoms with Crippen molar-refractivity contribution in [3.05, 3.63) is 101 Å². The first kappa shape index (κ1) is 21.7. The van der Waals surface area contributed by atoms with Crippen LogP contribution in [0.3, 0.4) is 0 Å². The maximum atomic E-state index is 13.6. The Morgan fingerprint density at radius 3 is 2.15 bits per heavy atom. The third kappa shape index (κ3) is 3.89. The molecule has 0 spiro atoms. The van der Waals surface area contributed by atoms with E-state index in [1.54, 1.807) is 42.5 Å². The number of nitrogens with zero attached hydrogens (tertiary/aromatic N) is 3. The number of aromatic hydroxyl groups is 1. The molecule has 1 aliphatic rings. The van der Waals surface area contributed by atoms with Crippen molar-refractivity contribution in [2.45, 2.75) is 0 Å². The summed E-state index contributed by atoms with van der Waals surface area (Å²) in [7, 11) is 0. The number of carbonyl (C=O) groups is 2. The molecule has 0 aliphatic carbocycles. The average Bonchev–Trinajstić information content (AvgIpc) is 3.34. The predicted octanol–water partition coefficient (Wildman–Crippen LogP) is 5.26. The Labute approximate surface area is 205 Å². The van der Waals surface area contributed by atoms with Crippen LogP contribution in [-0.4, -0.2) is 27.0 Å². The number of phenolic OH excluding ortho intramolecular Hbond substituents is 1. The molecule has 0 unspecified atom stereocenters. The van der Waals surface area contributed by atoms with Gasteiger partial charge in [-0.05, 0) is 36.5 Å². The minimum atomic E-state index is -0.598. The average molecular weight is 484 g/mol. The van der Waals surface area contributed by atoms with Gasteiger partial charge < -0.3 is 5.11 Å². The number of hydrogen-bond acceptors (Lipinski definition) is 6. The van der Waals surface area contributed by atoms with Gasteiger partial charge in [0, 0.05) is 16.5 Å². The van der Waals surface area contributed by atoms with E-state index in [4.69, 9.17) is 12.2 Å². The molecule has 8 heteroatoms. The maximum Gasteiger partial charge on any atom is 0.272 e. The van der Waals surface area contributed by atoms with Crippen LogP contribution in [0.25, 0.3) is 17.3 Å². The molecule has 1 fully saturated rings. The molecule has 5 rings (SSSR count). The maximum absolute atomic E-state index is 13.6. The third-order valence-corrected chi connectivity index (χ3v) is 6.44. The molecule has 0 bridgehead atoms. The normalized spacial score (nSPS) is 15.3. The number of para-hydroxylation sites is 2. The summed E-state index contributed by atoms with van der Waals surface area (Å²) in [4.78, 5) is 34.3. The molecule has 0 atom stereocenters. The second kappa shape index (κ2) is 9.01. The summed E-state index contributed by atoms with van der Waals surface area (Å²) in [5.74, 6) is -1.21. The van der Waals surface area contributed by atoms with Gasteiger partial charge in [0.25, 0.3) is 11.8 Å². The molecule has 1 aromatic heterocycles. The second-order valence-corrected chi connectivity index (χ2v) is 8.60. The zero-order chi connectivity index (χ0) is 23.7. The van der Waals surface area contributed by atoms with Gasteiger partial charge in [-0.2, -0.15) is 0 Å². The van der Waals surface area contributed by atoms with Gasteiger partial charge >= 0.3 is 0 Å². The highest BCUT2D eigenvalue weighted by molar-refractivity contribution is 7.81. The number of phenols is 1. The van der Waals surface area contributed by atoms with E-state index < -0.39 is 11.8 Å². The van der Waals surface area contributed by atoms with Crippen LogP contribution in [0.15, 0.2) is 95.9 Å². The van der Waals surface area contributed by atoms with Crippen LogP contribution in [0.1, 0.15) is 5.56 Å². The van der Waals surface area contributed by atoms with Crippen LogP contribution in [0, 0.1) is 0 Å². The van der Waals surface area contributed by atoms with E-state index in [1.165, 1.54) is 33.3 Å². The van der Waals surface area contributed by atoms with Crippen LogP contribution in [0.4, 0.5) is 10.8 Å². The highest BCUT2D eigenvalue weighted by atomic mass is 32.1. The van der Waals surface area contributed by atoms with Crippen LogP contribution < -0.4 is 9.80 Å². The molecule has 1 saturated heterocycles. The molecule has 2 amide bonds. The molecule has 0 radical (unpaired) electrons. The Morgan fingerprint density at radius 2 is 1.44 bits per heavy atom. The van der Waals surface area contributed by atoms with Crippen LogP contribution in [-0.2, 0) is 9.59 Å². The molecule has 1 aliphatic heterocycles. The van der Waals surface area contributed by atoms with Crippen molar-refractivity contribution in [3.8, 4) is 17.0 Å². The van der Waals surface area contributed by atoms with E-state index in [1.807, 2.05) is 41.8 Å². The molecule has 166 valence electrons. The number of thiazole rings is 1. The second-order valence-electron chi connectivity index (χ2n) is 7.40. The number of anilines is 2. The molecule has 3 aromatic carbocycles. The fourth-order valence-corrected chi connectivity index (χ4v) is 4.82. The van der Waals surface area contributed by atoms with Gasteiger partial charge in [0.2, 0.25) is 0 Å². The molecule has 1 N–H and O–H groups in total. The van der Waals surface area contributed by atoms with Gasteiger partial charge in [0.1, 0.15) is 11.3 Å². The largest absolute Gasteiger partial charge is 0.507 e. The van der Waals surface area contributed by atoms with Crippen molar-refractivity contribution in [1.82, 2.24) is 4.98 Å². The molecular formula is C26H17N3O3S2. The quantitative estimate of drug-likeness (QED) is 0.243. The number of thiocarbonyl (C=S) groups is 1. The smallest absolute Gasteiger partial charge is 0.272 e. The minimum absolute atomic E-state index is 0.0181. The Kier molecular flexibility index (Phi) is 5.75. The Balaban J connectivity index is 1.63. The summed E-state index contributed by atoms with van der Waals surface area (Å²) in [6.45, 7) is 0. The first-order valence-electron chi connectivity index (χ1n) is 10.3. The fourth-order valence-electron chi connectivity index (χ4n) is 3.58. The van der Waals surface area contributed by atoms with Crippen LogP contribution >= 0.6 is 23.6 Å². The molecule has 4 aromatic rings. The SMILES string of the molecule is O=C1/C(=C/c2ccccc2O)C(=O)N(c2nc(-c3ccccc3)cs2)C(=S)N1c1ccccc1. The first-order valence-corrected chi connectivity index (χ1v) is 11.6. The van der Waals surface area contributed by atoms with E-state index in [0.29, 0.717) is 22.1 Å². The number of aromatic nitrogens is 1. The van der Waals surface area contributed by atoms with Crippen molar-refractivity contribution in [2.75, 3.05) is 9.80 Å². The van der Waals surface area contributed by atoms with Crippen molar-refractivity contribution in [1.29, 1.82) is 0 Å². The lowest BCUT2D eigenvalue weighted by Crippen LogP contribution is -2.56. The summed E-state index contributed by atoms with van der Waals surface area (Å²) in [5, 5.41) is 12.4. The van der Waals surface area contributed by atoms with E-state index in [9.17, 15) is 14.7 Å². The van der Waals surface area contributed by atoms with Gasteiger partial charge in [-0.15, -0.1) is 11.3 Å². The topological polar surface area (TPSA) is 73.7 Å². The number of rotatable bonds is 4. The molecule has 6 nitrogen and oxygen atoms in total. The first-order chi connectivity index (χ1) is 16.5. The van der Waals surface area contributed by atoms with Crippen molar-refractivity contribution >= 4 is 57.4 Å². The summed E-state index contributed by atoms with van der Waals surface area (Å²) in [5.41, 5.74) is 2.35. The van der Waals surface area contributed by atoms with Gasteiger partial charge in [-0.1, -0.05) is 66.7 Å². The summed E-state index contributed by atoms with van der Waals surface area (Å²) in [6, 6.07) is 25.0. The minimum Gasteiger partial charge on any atom is -0.507 e. The van der Waals surface area contributed by atoms with Crippen molar-refractivity contribution in [3.63, 3.8) is 0 Å². The van der Waals surface area contributed by atoms with E-state index in [-0.39, 0.29) is 16.4 Å². The Bertz CT molecular complexity index is 1430. The van der Waals surface area contributed by atoms with E-state index in [0.717, 1.165) is 5.56 Å². The third-order valence-electron chi connectivity index (χ3n) is 5.25. The Hall–Kier alpha value is -4.14. The fraction of sp³-hybridized carbons (Fsp3) is 0. The van der Waals surface area contributed by atoms with E-state index >= 15 is 0 Å². The lowest BCUT2D eigenvalue weighted by Gasteiger charge is -2.35. The number of carbonyl (C=O) groups excluding carboxylic acids is 2. The molecule has 2 heterocycles. The van der Waals surface area contributed by atoms with Crippen molar-refractivity contribution < 1.29 is 14.7 Å². The summed E-state index contributed by atoms with van der Waals surface area (Å²) < 4.78 is 0. The zero-order valence-corrected chi connectivity index (χ0v) is 19.3. The summed E-state index contributed by atoms with van der Waals surface area (Å²) in [6.07, 6.45) is 1.39. The monoisotopic (exact) mass is 483 g/mol.